The summed E-state index contributed by atoms with van der Waals surface area (Å²) in [5, 5.41) is 6.03. The van der Waals surface area contributed by atoms with Gasteiger partial charge in [-0.25, -0.2) is 0 Å². The maximum Gasteiger partial charge on any atom is 0.270 e. The van der Waals surface area contributed by atoms with E-state index in [9.17, 15) is 0 Å². The fourth-order valence-electron chi connectivity index (χ4n) is 1.78. The highest BCUT2D eigenvalue weighted by Crippen LogP contribution is 2.46. The third kappa shape index (κ3) is 1.43. The fourth-order valence-corrected chi connectivity index (χ4v) is 2.67. The third-order valence-electron chi connectivity index (χ3n) is 3.10. The van der Waals surface area contributed by atoms with Gasteiger partial charge in [0.05, 0.1) is 5.69 Å². The quantitative estimate of drug-likeness (QED) is 0.869. The van der Waals surface area contributed by atoms with Crippen molar-refractivity contribution in [3.8, 4) is 10.8 Å². The summed E-state index contributed by atoms with van der Waals surface area (Å²) in [6, 6.07) is 0. The Morgan fingerprint density at radius 2 is 2.31 bits per heavy atom. The molecule has 2 aromatic heterocycles. The van der Waals surface area contributed by atoms with Crippen LogP contribution in [0, 0.1) is 12.8 Å². The molecule has 0 radical (unpaired) electrons. The number of thiophene rings is 1. The van der Waals surface area contributed by atoms with Crippen LogP contribution in [-0.4, -0.2) is 10.1 Å². The highest BCUT2D eigenvalue weighted by molar-refractivity contribution is 7.14. The summed E-state index contributed by atoms with van der Waals surface area (Å²) in [4.78, 5) is 5.31. The molecule has 0 amide bonds. The van der Waals surface area contributed by atoms with E-state index >= 15 is 0 Å². The Balaban J connectivity index is 1.95. The van der Waals surface area contributed by atoms with Crippen LogP contribution >= 0.6 is 11.3 Å². The summed E-state index contributed by atoms with van der Waals surface area (Å²) in [5.41, 5.74) is 7.77. The number of nitrogens with zero attached hydrogens (tertiary/aromatic N) is 2. The molecular weight excluding hydrogens is 222 g/mol. The van der Waals surface area contributed by atoms with Crippen molar-refractivity contribution < 1.29 is 4.52 Å². The minimum Gasteiger partial charge on any atom is -0.397 e. The molecule has 1 saturated carbocycles. The second-order valence-corrected chi connectivity index (χ2v) is 5.32. The van der Waals surface area contributed by atoms with Crippen molar-refractivity contribution in [2.45, 2.75) is 26.2 Å². The number of nitrogens with two attached hydrogens (primary N) is 1. The van der Waals surface area contributed by atoms with Gasteiger partial charge in [0.25, 0.3) is 5.89 Å². The molecule has 0 spiro atoms. The summed E-state index contributed by atoms with van der Waals surface area (Å²) in [6.45, 7) is 4.18. The summed E-state index contributed by atoms with van der Waals surface area (Å²) >= 11 is 1.55. The molecule has 16 heavy (non-hydrogen) atoms. The molecule has 0 saturated heterocycles. The third-order valence-corrected chi connectivity index (χ3v) is 4.20. The first kappa shape index (κ1) is 9.84. The predicted molar refractivity (Wildman–Crippen MR) is 63.3 cm³/mol. The van der Waals surface area contributed by atoms with Gasteiger partial charge in [0, 0.05) is 5.92 Å². The lowest BCUT2D eigenvalue weighted by molar-refractivity contribution is 0.423. The molecule has 2 N–H and O–H groups in total. The second-order valence-electron chi connectivity index (χ2n) is 4.44. The van der Waals surface area contributed by atoms with Gasteiger partial charge in [-0.05, 0) is 30.2 Å². The Morgan fingerprint density at radius 3 is 2.88 bits per heavy atom. The van der Waals surface area contributed by atoms with E-state index in [0.29, 0.717) is 17.7 Å². The van der Waals surface area contributed by atoms with Gasteiger partial charge < -0.3 is 10.3 Å². The van der Waals surface area contributed by atoms with Crippen LogP contribution in [0.1, 0.15) is 30.7 Å². The molecule has 5 heteroatoms. The van der Waals surface area contributed by atoms with Crippen molar-refractivity contribution >= 4 is 17.0 Å². The van der Waals surface area contributed by atoms with Crippen LogP contribution in [0.5, 0.6) is 0 Å². The molecule has 1 aliphatic rings. The van der Waals surface area contributed by atoms with Gasteiger partial charge in [-0.3, -0.25) is 0 Å². The predicted octanol–water partition coefficient (Wildman–Crippen LogP) is 2.81. The molecule has 1 aliphatic carbocycles. The Labute approximate surface area is 97.5 Å². The van der Waals surface area contributed by atoms with Gasteiger partial charge in [-0.2, -0.15) is 4.98 Å². The number of aryl methyl sites for hydroxylation is 1. The van der Waals surface area contributed by atoms with Crippen LogP contribution in [0.15, 0.2) is 9.90 Å². The lowest BCUT2D eigenvalue weighted by Gasteiger charge is -1.91. The zero-order valence-electron chi connectivity index (χ0n) is 9.23. The van der Waals surface area contributed by atoms with Crippen LogP contribution < -0.4 is 5.73 Å². The highest BCUT2D eigenvalue weighted by atomic mass is 32.1. The van der Waals surface area contributed by atoms with Gasteiger partial charge in [0.1, 0.15) is 4.88 Å². The topological polar surface area (TPSA) is 64.9 Å². The molecule has 2 atom stereocenters. The van der Waals surface area contributed by atoms with E-state index in [1.165, 1.54) is 0 Å². The van der Waals surface area contributed by atoms with E-state index in [-0.39, 0.29) is 0 Å². The zero-order chi connectivity index (χ0) is 11.3. The van der Waals surface area contributed by atoms with Gasteiger partial charge in [0.2, 0.25) is 0 Å². The summed E-state index contributed by atoms with van der Waals surface area (Å²) in [5.74, 6) is 2.56. The second kappa shape index (κ2) is 3.31. The molecule has 1 fully saturated rings. The monoisotopic (exact) mass is 235 g/mol. The first-order valence-electron chi connectivity index (χ1n) is 5.34. The molecule has 0 aliphatic heterocycles. The lowest BCUT2D eigenvalue weighted by atomic mass is 10.3. The van der Waals surface area contributed by atoms with E-state index in [0.717, 1.165) is 28.4 Å². The average Bonchev–Trinajstić information content (AvgIpc) is 2.70. The Hall–Kier alpha value is -1.36. The lowest BCUT2D eigenvalue weighted by Crippen LogP contribution is -1.88. The fraction of sp³-hybridized carbons (Fsp3) is 0.455. The molecule has 84 valence electrons. The van der Waals surface area contributed by atoms with Gasteiger partial charge >= 0.3 is 0 Å². The Kier molecular flexibility index (Phi) is 2.04. The molecule has 2 unspecified atom stereocenters. The van der Waals surface area contributed by atoms with Crippen molar-refractivity contribution in [1.82, 2.24) is 10.1 Å². The Morgan fingerprint density at radius 1 is 1.56 bits per heavy atom. The molecular formula is C11H13N3OS. The van der Waals surface area contributed by atoms with Crippen LogP contribution in [0.4, 0.5) is 5.69 Å². The smallest absolute Gasteiger partial charge is 0.270 e. The average molecular weight is 235 g/mol. The highest BCUT2D eigenvalue weighted by Gasteiger charge is 2.38. The summed E-state index contributed by atoms with van der Waals surface area (Å²) in [6.07, 6.45) is 1.16. The molecule has 3 rings (SSSR count). The minimum absolute atomic E-state index is 0.486. The minimum atomic E-state index is 0.486. The number of anilines is 1. The van der Waals surface area contributed by atoms with Gasteiger partial charge in [-0.15, -0.1) is 11.3 Å². The van der Waals surface area contributed by atoms with Crippen molar-refractivity contribution in [2.75, 3.05) is 5.73 Å². The zero-order valence-corrected chi connectivity index (χ0v) is 10.0. The number of hydrogen-bond acceptors (Lipinski definition) is 5. The first-order valence-corrected chi connectivity index (χ1v) is 6.22. The number of rotatable bonds is 2. The number of hydrogen-bond donors (Lipinski definition) is 1. The van der Waals surface area contributed by atoms with Gasteiger partial charge in [0.15, 0.2) is 5.82 Å². The first-order chi connectivity index (χ1) is 7.66. The SMILES string of the molecule is Cc1csc(-c2nc(C3CC3C)no2)c1N. The molecule has 0 bridgehead atoms. The summed E-state index contributed by atoms with van der Waals surface area (Å²) < 4.78 is 5.26. The van der Waals surface area contributed by atoms with E-state index in [1.807, 2.05) is 12.3 Å². The van der Waals surface area contributed by atoms with Crippen LogP contribution in [0.2, 0.25) is 0 Å². The number of nitrogen functional groups attached to an aromatic ring is 1. The van der Waals surface area contributed by atoms with E-state index in [4.69, 9.17) is 10.3 Å². The van der Waals surface area contributed by atoms with E-state index < -0.39 is 0 Å². The van der Waals surface area contributed by atoms with Crippen molar-refractivity contribution in [3.63, 3.8) is 0 Å². The summed E-state index contributed by atoms with van der Waals surface area (Å²) in [7, 11) is 0. The van der Waals surface area contributed by atoms with Crippen LogP contribution in [-0.2, 0) is 0 Å². The van der Waals surface area contributed by atoms with E-state index in [1.54, 1.807) is 11.3 Å². The largest absolute Gasteiger partial charge is 0.397 e. The molecule has 4 nitrogen and oxygen atoms in total. The van der Waals surface area contributed by atoms with E-state index in [2.05, 4.69) is 17.1 Å². The van der Waals surface area contributed by atoms with Crippen molar-refractivity contribution in [2.24, 2.45) is 5.92 Å². The molecule has 0 aromatic carbocycles. The van der Waals surface area contributed by atoms with Crippen molar-refractivity contribution in [3.05, 3.63) is 16.8 Å². The maximum atomic E-state index is 5.95. The number of aromatic nitrogens is 2. The standard InChI is InChI=1S/C11H13N3OS/c1-5-3-7(5)10-13-11(15-14-10)9-8(12)6(2)4-16-9/h4-5,7H,3,12H2,1-2H3. The van der Waals surface area contributed by atoms with Crippen LogP contribution in [0.25, 0.3) is 10.8 Å². The Bertz CT molecular complexity index is 531. The van der Waals surface area contributed by atoms with Crippen LogP contribution in [0.3, 0.4) is 0 Å². The maximum absolute atomic E-state index is 5.95. The van der Waals surface area contributed by atoms with Crippen molar-refractivity contribution in [1.29, 1.82) is 0 Å². The normalized spacial score (nSPS) is 23.6. The van der Waals surface area contributed by atoms with Gasteiger partial charge in [-0.1, -0.05) is 12.1 Å². The molecule has 2 heterocycles. The molecule has 2 aromatic rings.